The first-order chi connectivity index (χ1) is 18.0. The van der Waals surface area contributed by atoms with Gasteiger partial charge in [0, 0.05) is 35.0 Å². The molecular formula is C29H29N3O5. The van der Waals surface area contributed by atoms with Crippen molar-refractivity contribution >= 4 is 29.0 Å². The lowest BCUT2D eigenvalue weighted by Gasteiger charge is -2.34. The first kappa shape index (κ1) is 24.5. The van der Waals surface area contributed by atoms with Gasteiger partial charge in [-0.3, -0.25) is 19.3 Å². The minimum atomic E-state index is -0.693. The minimum Gasteiger partial charge on any atom is -0.507 e. The fourth-order valence-corrected chi connectivity index (χ4v) is 5.39. The summed E-state index contributed by atoms with van der Waals surface area (Å²) in [6, 6.07) is 14.9. The number of aliphatic hydroxyl groups is 1. The van der Waals surface area contributed by atoms with Crippen molar-refractivity contribution in [3.05, 3.63) is 77.6 Å². The zero-order chi connectivity index (χ0) is 25.9. The molecule has 37 heavy (non-hydrogen) atoms. The van der Waals surface area contributed by atoms with Crippen molar-refractivity contribution in [1.82, 2.24) is 10.5 Å². The van der Waals surface area contributed by atoms with Crippen LogP contribution in [0.2, 0.25) is 0 Å². The van der Waals surface area contributed by atoms with Gasteiger partial charge in [-0.2, -0.15) is 0 Å². The van der Waals surface area contributed by atoms with Crippen LogP contribution in [0.5, 0.6) is 0 Å². The molecule has 0 bridgehead atoms. The van der Waals surface area contributed by atoms with E-state index in [-0.39, 0.29) is 23.2 Å². The largest absolute Gasteiger partial charge is 0.507 e. The van der Waals surface area contributed by atoms with E-state index in [4.69, 9.17) is 4.52 Å². The number of hydrogen-bond acceptors (Lipinski definition) is 6. The Balaban J connectivity index is 1.54. The van der Waals surface area contributed by atoms with Gasteiger partial charge in [-0.15, -0.1) is 0 Å². The number of carbonyl (C=O) groups excluding carboxylic acids is 3. The molecule has 1 atom stereocenters. The number of carbonyl (C=O) groups is 3. The Kier molecular flexibility index (Phi) is 6.90. The Morgan fingerprint density at radius 3 is 2.30 bits per heavy atom. The zero-order valence-corrected chi connectivity index (χ0v) is 20.6. The molecule has 2 fully saturated rings. The standard InChI is InChI=1S/C29H29N3O5/c1-2-30-28(35)21-10-8-20(9-11-21)26(33)24-25(19-6-4-3-5-7-19)32(29(36)27(24)34)22-14-12-18(13-15-22)23-16-17-37-31-23/h8-17,19,25,33H,2-7H2,1H3,(H,30,35)/b26-24-. The second-order valence-corrected chi connectivity index (χ2v) is 9.48. The molecule has 3 aromatic rings. The van der Waals surface area contributed by atoms with E-state index in [1.54, 1.807) is 47.4 Å². The first-order valence-electron chi connectivity index (χ1n) is 12.7. The number of Topliss-reactive ketones (excluding diaryl/α,β-unsaturated/α-hetero) is 1. The lowest BCUT2D eigenvalue weighted by molar-refractivity contribution is -0.132. The summed E-state index contributed by atoms with van der Waals surface area (Å²) in [5, 5.41) is 18.0. The maximum atomic E-state index is 13.4. The number of hydrogen-bond donors (Lipinski definition) is 2. The molecule has 1 aliphatic carbocycles. The highest BCUT2D eigenvalue weighted by Gasteiger charge is 2.49. The minimum absolute atomic E-state index is 0.0473. The van der Waals surface area contributed by atoms with E-state index in [0.717, 1.165) is 37.7 Å². The number of anilines is 1. The van der Waals surface area contributed by atoms with Crippen LogP contribution in [0.15, 0.2) is 71.0 Å². The molecule has 0 spiro atoms. The average molecular weight is 500 g/mol. The molecule has 1 aromatic heterocycles. The molecule has 2 aromatic carbocycles. The molecule has 2 aliphatic rings. The second-order valence-electron chi connectivity index (χ2n) is 9.48. The maximum Gasteiger partial charge on any atom is 0.299 e. The van der Waals surface area contributed by atoms with Crippen molar-refractivity contribution < 1.29 is 24.0 Å². The fourth-order valence-electron chi connectivity index (χ4n) is 5.39. The molecule has 0 radical (unpaired) electrons. The van der Waals surface area contributed by atoms with Gasteiger partial charge in [0.15, 0.2) is 0 Å². The van der Waals surface area contributed by atoms with Gasteiger partial charge in [0.2, 0.25) is 0 Å². The lowest BCUT2D eigenvalue weighted by Crippen LogP contribution is -2.40. The summed E-state index contributed by atoms with van der Waals surface area (Å²) >= 11 is 0. The number of benzene rings is 2. The highest BCUT2D eigenvalue weighted by molar-refractivity contribution is 6.51. The average Bonchev–Trinajstić information content (AvgIpc) is 3.56. The fraction of sp³-hybridized carbons (Fsp3) is 0.310. The molecule has 2 N–H and O–H groups in total. The Morgan fingerprint density at radius 1 is 1.00 bits per heavy atom. The van der Waals surface area contributed by atoms with Crippen LogP contribution in [0, 0.1) is 5.92 Å². The molecule has 8 nitrogen and oxygen atoms in total. The van der Waals surface area contributed by atoms with Gasteiger partial charge in [-0.25, -0.2) is 0 Å². The van der Waals surface area contributed by atoms with E-state index in [0.29, 0.717) is 29.1 Å². The van der Waals surface area contributed by atoms with Crippen molar-refractivity contribution in [3.8, 4) is 11.3 Å². The lowest BCUT2D eigenvalue weighted by atomic mass is 9.80. The predicted octanol–water partition coefficient (Wildman–Crippen LogP) is 4.93. The Hall–Kier alpha value is -4.20. The molecule has 8 heteroatoms. The van der Waals surface area contributed by atoms with Crippen LogP contribution in [0.25, 0.3) is 17.0 Å². The van der Waals surface area contributed by atoms with Crippen molar-refractivity contribution in [1.29, 1.82) is 0 Å². The number of ketones is 1. The summed E-state index contributed by atoms with van der Waals surface area (Å²) in [4.78, 5) is 40.4. The van der Waals surface area contributed by atoms with Crippen LogP contribution >= 0.6 is 0 Å². The van der Waals surface area contributed by atoms with Gasteiger partial charge < -0.3 is 14.9 Å². The van der Waals surface area contributed by atoms with Crippen LogP contribution in [0.4, 0.5) is 5.69 Å². The van der Waals surface area contributed by atoms with Gasteiger partial charge in [0.25, 0.3) is 17.6 Å². The Morgan fingerprint density at radius 2 is 1.68 bits per heavy atom. The third-order valence-electron chi connectivity index (χ3n) is 7.22. The monoisotopic (exact) mass is 499 g/mol. The third-order valence-corrected chi connectivity index (χ3v) is 7.22. The van der Waals surface area contributed by atoms with Crippen molar-refractivity contribution in [3.63, 3.8) is 0 Å². The van der Waals surface area contributed by atoms with E-state index >= 15 is 0 Å². The molecule has 5 rings (SSSR count). The van der Waals surface area contributed by atoms with Crippen LogP contribution in [-0.4, -0.2) is 40.4 Å². The number of aromatic nitrogens is 1. The van der Waals surface area contributed by atoms with Crippen LogP contribution < -0.4 is 10.2 Å². The quantitative estimate of drug-likeness (QED) is 0.283. The third kappa shape index (κ3) is 4.67. The molecule has 1 saturated carbocycles. The second kappa shape index (κ2) is 10.4. The van der Waals surface area contributed by atoms with Crippen molar-refractivity contribution in [2.24, 2.45) is 5.92 Å². The maximum absolute atomic E-state index is 13.4. The number of nitrogens with zero attached hydrogens (tertiary/aromatic N) is 2. The van der Waals surface area contributed by atoms with Gasteiger partial charge >= 0.3 is 0 Å². The van der Waals surface area contributed by atoms with Gasteiger partial charge in [-0.05, 0) is 49.9 Å². The number of aliphatic hydroxyl groups excluding tert-OH is 1. The SMILES string of the molecule is CCNC(=O)c1ccc(/C(O)=C2/C(=O)C(=O)N(c3ccc(-c4ccon4)cc3)C2C2CCCCC2)cc1. The molecule has 2 heterocycles. The summed E-state index contributed by atoms with van der Waals surface area (Å²) in [5.74, 6) is -1.72. The normalized spacial score (nSPS) is 19.8. The van der Waals surface area contributed by atoms with E-state index in [1.807, 2.05) is 19.1 Å². The molecule has 1 unspecified atom stereocenters. The van der Waals surface area contributed by atoms with Crippen LogP contribution in [0.3, 0.4) is 0 Å². The molecule has 190 valence electrons. The van der Waals surface area contributed by atoms with Crippen molar-refractivity contribution in [2.45, 2.75) is 45.1 Å². The Labute approximate surface area is 215 Å². The van der Waals surface area contributed by atoms with Gasteiger partial charge in [0.05, 0.1) is 11.6 Å². The summed E-state index contributed by atoms with van der Waals surface area (Å²) in [7, 11) is 0. The number of nitrogens with one attached hydrogen (secondary N) is 1. The van der Waals surface area contributed by atoms with E-state index < -0.39 is 17.7 Å². The van der Waals surface area contributed by atoms with Crippen LogP contribution in [0.1, 0.15) is 54.9 Å². The van der Waals surface area contributed by atoms with Gasteiger partial charge in [0.1, 0.15) is 17.7 Å². The zero-order valence-electron chi connectivity index (χ0n) is 20.6. The summed E-state index contributed by atoms with van der Waals surface area (Å²) in [5.41, 5.74) is 3.07. The highest BCUT2D eigenvalue weighted by atomic mass is 16.5. The highest BCUT2D eigenvalue weighted by Crippen LogP contribution is 2.41. The summed E-state index contributed by atoms with van der Waals surface area (Å²) in [6.45, 7) is 2.34. The summed E-state index contributed by atoms with van der Waals surface area (Å²) in [6.07, 6.45) is 6.37. The topological polar surface area (TPSA) is 113 Å². The number of rotatable bonds is 6. The van der Waals surface area contributed by atoms with E-state index in [1.165, 1.54) is 6.26 Å². The first-order valence-corrected chi connectivity index (χ1v) is 12.7. The van der Waals surface area contributed by atoms with Gasteiger partial charge in [-0.1, -0.05) is 48.7 Å². The molecule has 1 saturated heterocycles. The predicted molar refractivity (Wildman–Crippen MR) is 139 cm³/mol. The van der Waals surface area contributed by atoms with E-state index in [9.17, 15) is 19.5 Å². The molecule has 1 aliphatic heterocycles. The summed E-state index contributed by atoms with van der Waals surface area (Å²) < 4.78 is 4.93. The molecular weight excluding hydrogens is 470 g/mol. The molecule has 2 amide bonds. The number of amides is 2. The smallest absolute Gasteiger partial charge is 0.299 e. The Bertz CT molecular complexity index is 1320. The van der Waals surface area contributed by atoms with Crippen molar-refractivity contribution in [2.75, 3.05) is 11.4 Å². The van der Waals surface area contributed by atoms with Crippen LogP contribution in [-0.2, 0) is 9.59 Å². The van der Waals surface area contributed by atoms with E-state index in [2.05, 4.69) is 10.5 Å².